The summed E-state index contributed by atoms with van der Waals surface area (Å²) >= 11 is 1.52. The molecule has 0 aliphatic heterocycles. The van der Waals surface area contributed by atoms with Gasteiger partial charge in [0, 0.05) is 22.7 Å². The molecular weight excluding hydrogens is 368 g/mol. The Morgan fingerprint density at radius 3 is 2.64 bits per heavy atom. The van der Waals surface area contributed by atoms with E-state index in [9.17, 15) is 4.79 Å². The van der Waals surface area contributed by atoms with Crippen molar-refractivity contribution in [3.63, 3.8) is 0 Å². The molecule has 2 aromatic heterocycles. The highest BCUT2D eigenvalue weighted by Crippen LogP contribution is 2.36. The van der Waals surface area contributed by atoms with Gasteiger partial charge in [0.25, 0.3) is 0 Å². The molecule has 2 heterocycles. The summed E-state index contributed by atoms with van der Waals surface area (Å²) in [4.78, 5) is 17.2. The molecule has 0 atom stereocenters. The van der Waals surface area contributed by atoms with Gasteiger partial charge < -0.3 is 4.74 Å². The van der Waals surface area contributed by atoms with Crippen LogP contribution in [0.4, 0.5) is 0 Å². The Kier molecular flexibility index (Phi) is 4.77. The quantitative estimate of drug-likeness (QED) is 0.407. The van der Waals surface area contributed by atoms with Crippen molar-refractivity contribution < 1.29 is 9.53 Å². The van der Waals surface area contributed by atoms with Gasteiger partial charge in [0.1, 0.15) is 23.7 Å². The third-order valence-electron chi connectivity index (χ3n) is 4.71. The van der Waals surface area contributed by atoms with Crippen molar-refractivity contribution >= 4 is 22.6 Å². The van der Waals surface area contributed by atoms with E-state index in [1.54, 1.807) is 0 Å². The fourth-order valence-corrected chi connectivity index (χ4v) is 3.97. The lowest BCUT2D eigenvalue weighted by Gasteiger charge is -2.23. The molecule has 0 unspecified atom stereocenters. The van der Waals surface area contributed by atoms with Crippen molar-refractivity contribution in [1.82, 2.24) is 9.38 Å². The summed E-state index contributed by atoms with van der Waals surface area (Å²) in [6.45, 7) is 7.00. The van der Waals surface area contributed by atoms with Gasteiger partial charge in [-0.15, -0.1) is 11.3 Å². The fourth-order valence-electron chi connectivity index (χ4n) is 3.25. The Balaban J connectivity index is 1.74. The number of fused-ring (bicyclic) bond motifs is 1. The molecule has 0 saturated carbocycles. The summed E-state index contributed by atoms with van der Waals surface area (Å²) in [5.41, 5.74) is 4.32. The maximum atomic E-state index is 11.7. The molecule has 0 bridgehead atoms. The molecule has 2 aromatic carbocycles. The Morgan fingerprint density at radius 1 is 1.14 bits per heavy atom. The van der Waals surface area contributed by atoms with Crippen LogP contribution in [-0.2, 0) is 12.0 Å². The zero-order valence-corrected chi connectivity index (χ0v) is 17.0. The summed E-state index contributed by atoms with van der Waals surface area (Å²) in [5.74, 6) is 0.855. The minimum Gasteiger partial charge on any atom is -0.489 e. The Labute approximate surface area is 168 Å². The van der Waals surface area contributed by atoms with Gasteiger partial charge in [-0.05, 0) is 29.2 Å². The van der Waals surface area contributed by atoms with Crippen molar-refractivity contribution in [3.8, 4) is 17.0 Å². The third kappa shape index (κ3) is 3.45. The smallest absolute Gasteiger partial charge is 0.194 e. The number of carbonyl (C=O) groups excluding carboxylic acids is 1. The predicted molar refractivity (Wildman–Crippen MR) is 113 cm³/mol. The van der Waals surface area contributed by atoms with Crippen LogP contribution in [0.5, 0.6) is 5.75 Å². The predicted octanol–water partition coefficient (Wildman–Crippen LogP) is 5.75. The largest absolute Gasteiger partial charge is 0.489 e. The highest BCUT2D eigenvalue weighted by atomic mass is 32.1. The number of ether oxygens (including phenoxy) is 1. The highest BCUT2D eigenvalue weighted by molar-refractivity contribution is 7.15. The van der Waals surface area contributed by atoms with Crippen LogP contribution in [0.25, 0.3) is 16.2 Å². The van der Waals surface area contributed by atoms with E-state index in [0.29, 0.717) is 18.0 Å². The summed E-state index contributed by atoms with van der Waals surface area (Å²) < 4.78 is 7.98. The van der Waals surface area contributed by atoms with Gasteiger partial charge in [0.15, 0.2) is 11.2 Å². The molecule has 28 heavy (non-hydrogen) atoms. The van der Waals surface area contributed by atoms with E-state index in [1.807, 2.05) is 46.3 Å². The minimum absolute atomic E-state index is 0.111. The van der Waals surface area contributed by atoms with E-state index >= 15 is 0 Å². The van der Waals surface area contributed by atoms with Crippen molar-refractivity contribution in [2.45, 2.75) is 32.8 Å². The average molecular weight is 391 g/mol. The van der Waals surface area contributed by atoms with Crippen LogP contribution in [0.3, 0.4) is 0 Å². The fraction of sp³-hybridized carbons (Fsp3) is 0.217. The zero-order chi connectivity index (χ0) is 19.7. The van der Waals surface area contributed by atoms with Gasteiger partial charge in [-0.25, -0.2) is 4.98 Å². The molecule has 0 aliphatic rings. The van der Waals surface area contributed by atoms with Gasteiger partial charge >= 0.3 is 0 Å². The number of aldehydes is 1. The van der Waals surface area contributed by atoms with Crippen LogP contribution in [0, 0.1) is 0 Å². The third-order valence-corrected chi connectivity index (χ3v) is 5.47. The average Bonchev–Trinajstić information content (AvgIpc) is 3.27. The molecule has 0 amide bonds. The first-order valence-corrected chi connectivity index (χ1v) is 10.1. The van der Waals surface area contributed by atoms with Crippen LogP contribution in [0.2, 0.25) is 0 Å². The van der Waals surface area contributed by atoms with Gasteiger partial charge in [-0.2, -0.15) is 0 Å². The maximum absolute atomic E-state index is 11.7. The SMILES string of the molecule is CC(C)(C)c1cc(-c2nc3sccn3c2C=O)ccc1OCc1ccccc1. The first-order valence-electron chi connectivity index (χ1n) is 9.20. The summed E-state index contributed by atoms with van der Waals surface area (Å²) in [6.07, 6.45) is 2.75. The molecule has 0 fully saturated rings. The number of nitrogens with zero attached hydrogens (tertiary/aromatic N) is 2. The van der Waals surface area contributed by atoms with E-state index < -0.39 is 0 Å². The van der Waals surface area contributed by atoms with Crippen LogP contribution >= 0.6 is 11.3 Å². The Morgan fingerprint density at radius 2 is 1.93 bits per heavy atom. The monoisotopic (exact) mass is 390 g/mol. The lowest BCUT2D eigenvalue weighted by Crippen LogP contribution is -2.14. The number of hydrogen-bond acceptors (Lipinski definition) is 4. The van der Waals surface area contributed by atoms with Crippen molar-refractivity contribution in [2.75, 3.05) is 0 Å². The number of imidazole rings is 1. The van der Waals surface area contributed by atoms with Crippen molar-refractivity contribution in [2.24, 2.45) is 0 Å². The Hall–Kier alpha value is -2.92. The molecule has 4 aromatic rings. The normalized spacial score (nSPS) is 11.7. The van der Waals surface area contributed by atoms with E-state index in [0.717, 1.165) is 33.7 Å². The molecular formula is C23H22N2O2S. The highest BCUT2D eigenvalue weighted by Gasteiger charge is 2.22. The van der Waals surface area contributed by atoms with Crippen LogP contribution < -0.4 is 4.74 Å². The van der Waals surface area contributed by atoms with Gasteiger partial charge in [0.2, 0.25) is 0 Å². The molecule has 0 saturated heterocycles. The zero-order valence-electron chi connectivity index (χ0n) is 16.2. The van der Waals surface area contributed by atoms with Gasteiger partial charge in [-0.3, -0.25) is 9.20 Å². The minimum atomic E-state index is -0.111. The number of carbonyl (C=O) groups is 1. The van der Waals surface area contributed by atoms with Crippen molar-refractivity contribution in [3.05, 3.63) is 76.9 Å². The number of thiazole rings is 1. The lowest BCUT2D eigenvalue weighted by molar-refractivity contribution is 0.111. The summed E-state index contributed by atoms with van der Waals surface area (Å²) in [7, 11) is 0. The molecule has 5 heteroatoms. The molecule has 0 radical (unpaired) electrons. The van der Waals surface area contributed by atoms with Crippen molar-refractivity contribution in [1.29, 1.82) is 0 Å². The van der Waals surface area contributed by atoms with Gasteiger partial charge in [-0.1, -0.05) is 51.1 Å². The number of benzene rings is 2. The van der Waals surface area contributed by atoms with E-state index in [-0.39, 0.29) is 5.41 Å². The molecule has 4 rings (SSSR count). The van der Waals surface area contributed by atoms with E-state index in [4.69, 9.17) is 4.74 Å². The molecule has 0 aliphatic carbocycles. The molecule has 4 nitrogen and oxygen atoms in total. The number of hydrogen-bond donors (Lipinski definition) is 0. The second kappa shape index (κ2) is 7.24. The topological polar surface area (TPSA) is 43.6 Å². The first kappa shape index (κ1) is 18.4. The second-order valence-corrected chi connectivity index (χ2v) is 8.63. The van der Waals surface area contributed by atoms with Crippen LogP contribution in [0.15, 0.2) is 60.1 Å². The molecule has 0 N–H and O–H groups in total. The van der Waals surface area contributed by atoms with E-state index in [1.165, 1.54) is 11.3 Å². The summed E-state index contributed by atoms with van der Waals surface area (Å²) in [5, 5.41) is 1.93. The maximum Gasteiger partial charge on any atom is 0.194 e. The summed E-state index contributed by atoms with van der Waals surface area (Å²) in [6, 6.07) is 16.2. The van der Waals surface area contributed by atoms with Gasteiger partial charge in [0.05, 0.1) is 0 Å². The number of aromatic nitrogens is 2. The first-order chi connectivity index (χ1) is 13.5. The second-order valence-electron chi connectivity index (χ2n) is 7.75. The van der Waals surface area contributed by atoms with Crippen LogP contribution in [-0.4, -0.2) is 15.7 Å². The van der Waals surface area contributed by atoms with E-state index in [2.05, 4.69) is 44.0 Å². The lowest BCUT2D eigenvalue weighted by atomic mass is 9.85. The molecule has 142 valence electrons. The molecule has 0 spiro atoms. The van der Waals surface area contributed by atoms with Crippen LogP contribution in [0.1, 0.15) is 42.4 Å². The Bertz CT molecular complexity index is 1120. The number of rotatable bonds is 5. The standard InChI is InChI=1S/C23H22N2O2S/c1-23(2,3)18-13-17(21-19(14-26)25-11-12-28-22(25)24-21)9-10-20(18)27-15-16-7-5-4-6-8-16/h4-14H,15H2,1-3H3.